The lowest BCUT2D eigenvalue weighted by Crippen LogP contribution is -2.30. The van der Waals surface area contributed by atoms with Crippen LogP contribution in [0.25, 0.3) is 0 Å². The van der Waals surface area contributed by atoms with Gasteiger partial charge in [-0.2, -0.15) is 0 Å². The monoisotopic (exact) mass is 250 g/mol. The summed E-state index contributed by atoms with van der Waals surface area (Å²) < 4.78 is 4.94. The van der Waals surface area contributed by atoms with E-state index < -0.39 is 5.60 Å². The third-order valence-electron chi connectivity index (χ3n) is 3.00. The van der Waals surface area contributed by atoms with Gasteiger partial charge in [-0.3, -0.25) is 4.79 Å². The van der Waals surface area contributed by atoms with E-state index in [9.17, 15) is 9.90 Å². The van der Waals surface area contributed by atoms with Crippen molar-refractivity contribution in [2.45, 2.75) is 45.1 Å². The maximum atomic E-state index is 11.6. The minimum Gasteiger partial charge on any atom is -0.466 e. The molecule has 3 nitrogen and oxygen atoms in total. The summed E-state index contributed by atoms with van der Waals surface area (Å²) in [6, 6.07) is 9.35. The molecule has 0 bridgehead atoms. The van der Waals surface area contributed by atoms with E-state index in [-0.39, 0.29) is 12.4 Å². The van der Waals surface area contributed by atoms with Gasteiger partial charge in [0.1, 0.15) is 5.60 Å². The number of carbonyl (C=O) groups is 1. The Morgan fingerprint density at radius 2 is 1.94 bits per heavy atom. The maximum Gasteiger partial charge on any atom is 0.309 e. The normalized spacial score (nSPS) is 13.9. The number of rotatable bonds is 7. The van der Waals surface area contributed by atoms with Crippen LogP contribution in [-0.2, 0) is 15.1 Å². The standard InChI is InChI=1S/C15H22O3/c1-3-5-11-15(17,12-14(16)18-4-2)13-9-7-6-8-10-13/h6-10,17H,3-5,11-12H2,1-2H3/t15-/m0/s1. The van der Waals surface area contributed by atoms with Gasteiger partial charge in [-0.1, -0.05) is 50.1 Å². The van der Waals surface area contributed by atoms with E-state index in [1.54, 1.807) is 6.92 Å². The zero-order valence-electron chi connectivity index (χ0n) is 11.2. The fourth-order valence-corrected chi connectivity index (χ4v) is 2.00. The van der Waals surface area contributed by atoms with Gasteiger partial charge in [0.25, 0.3) is 0 Å². The first-order chi connectivity index (χ1) is 8.62. The minimum absolute atomic E-state index is 0.0187. The second kappa shape index (κ2) is 7.17. The molecule has 0 saturated heterocycles. The molecule has 0 aliphatic carbocycles. The molecule has 0 aliphatic rings. The fourth-order valence-electron chi connectivity index (χ4n) is 2.00. The van der Waals surface area contributed by atoms with E-state index in [1.807, 2.05) is 30.3 Å². The van der Waals surface area contributed by atoms with Gasteiger partial charge in [0.2, 0.25) is 0 Å². The van der Waals surface area contributed by atoms with E-state index in [4.69, 9.17) is 4.74 Å². The van der Waals surface area contributed by atoms with Crippen LogP contribution in [0.4, 0.5) is 0 Å². The minimum atomic E-state index is -1.11. The second-order valence-electron chi connectivity index (χ2n) is 4.48. The molecule has 1 aromatic carbocycles. The number of hydrogen-bond donors (Lipinski definition) is 1. The van der Waals surface area contributed by atoms with Gasteiger partial charge in [0, 0.05) is 0 Å². The lowest BCUT2D eigenvalue weighted by Gasteiger charge is -2.27. The summed E-state index contributed by atoms with van der Waals surface area (Å²) >= 11 is 0. The molecule has 0 heterocycles. The highest BCUT2D eigenvalue weighted by Crippen LogP contribution is 2.31. The summed E-state index contributed by atoms with van der Waals surface area (Å²) in [5, 5.41) is 10.7. The van der Waals surface area contributed by atoms with E-state index in [0.717, 1.165) is 18.4 Å². The summed E-state index contributed by atoms with van der Waals surface area (Å²) in [6.07, 6.45) is 2.46. The Hall–Kier alpha value is -1.35. The number of carbonyl (C=O) groups excluding carboxylic acids is 1. The largest absolute Gasteiger partial charge is 0.466 e. The van der Waals surface area contributed by atoms with Crippen molar-refractivity contribution in [1.82, 2.24) is 0 Å². The molecule has 0 fully saturated rings. The Morgan fingerprint density at radius 3 is 2.50 bits per heavy atom. The first-order valence-corrected chi connectivity index (χ1v) is 6.56. The summed E-state index contributed by atoms with van der Waals surface area (Å²) in [7, 11) is 0. The molecule has 3 heteroatoms. The molecule has 0 unspecified atom stereocenters. The summed E-state index contributed by atoms with van der Waals surface area (Å²) in [6.45, 7) is 4.18. The summed E-state index contributed by atoms with van der Waals surface area (Å²) in [5.41, 5.74) is -0.324. The smallest absolute Gasteiger partial charge is 0.309 e. The Labute approximate surface area is 109 Å². The van der Waals surface area contributed by atoms with Crippen LogP contribution in [0.2, 0.25) is 0 Å². The molecule has 0 aliphatic heterocycles. The second-order valence-corrected chi connectivity index (χ2v) is 4.48. The van der Waals surface area contributed by atoms with Gasteiger partial charge in [-0.15, -0.1) is 0 Å². The molecule has 0 amide bonds. The van der Waals surface area contributed by atoms with Crippen molar-refractivity contribution in [1.29, 1.82) is 0 Å². The molecular formula is C15H22O3. The zero-order chi connectivity index (χ0) is 13.4. The maximum absolute atomic E-state index is 11.6. The molecule has 0 aromatic heterocycles. The number of ether oxygens (including phenoxy) is 1. The predicted molar refractivity (Wildman–Crippen MR) is 71.1 cm³/mol. The average molecular weight is 250 g/mol. The van der Waals surface area contributed by atoms with Crippen LogP contribution in [-0.4, -0.2) is 17.7 Å². The van der Waals surface area contributed by atoms with Crippen molar-refractivity contribution < 1.29 is 14.6 Å². The van der Waals surface area contributed by atoms with Gasteiger partial charge in [0.05, 0.1) is 13.0 Å². The van der Waals surface area contributed by atoms with Crippen LogP contribution >= 0.6 is 0 Å². The van der Waals surface area contributed by atoms with Crippen molar-refractivity contribution >= 4 is 5.97 Å². The van der Waals surface area contributed by atoms with Gasteiger partial charge < -0.3 is 9.84 Å². The van der Waals surface area contributed by atoms with Crippen LogP contribution < -0.4 is 0 Å². The van der Waals surface area contributed by atoms with Crippen LogP contribution in [0.3, 0.4) is 0 Å². The molecule has 1 atom stereocenters. The first-order valence-electron chi connectivity index (χ1n) is 6.56. The number of benzene rings is 1. The van der Waals surface area contributed by atoms with Crippen molar-refractivity contribution in [3.63, 3.8) is 0 Å². The molecule has 100 valence electrons. The van der Waals surface area contributed by atoms with Crippen molar-refractivity contribution in [2.75, 3.05) is 6.61 Å². The number of hydrogen-bond acceptors (Lipinski definition) is 3. The molecule has 1 N–H and O–H groups in total. The third-order valence-corrected chi connectivity index (χ3v) is 3.00. The fraction of sp³-hybridized carbons (Fsp3) is 0.533. The van der Waals surface area contributed by atoms with Crippen molar-refractivity contribution in [3.8, 4) is 0 Å². The molecule has 0 saturated carbocycles. The first kappa shape index (κ1) is 14.7. The van der Waals surface area contributed by atoms with Crippen molar-refractivity contribution in [2.24, 2.45) is 0 Å². The van der Waals surface area contributed by atoms with Gasteiger partial charge in [-0.25, -0.2) is 0 Å². The Kier molecular flexibility index (Phi) is 5.86. The molecule has 18 heavy (non-hydrogen) atoms. The van der Waals surface area contributed by atoms with Crippen LogP contribution in [0.5, 0.6) is 0 Å². The van der Waals surface area contributed by atoms with Crippen LogP contribution in [0.15, 0.2) is 30.3 Å². The Bertz CT molecular complexity index is 361. The number of aliphatic hydroxyl groups is 1. The Morgan fingerprint density at radius 1 is 1.28 bits per heavy atom. The lowest BCUT2D eigenvalue weighted by atomic mass is 9.86. The predicted octanol–water partition coefficient (Wildman–Crippen LogP) is 3.02. The van der Waals surface area contributed by atoms with Crippen LogP contribution in [0, 0.1) is 0 Å². The van der Waals surface area contributed by atoms with E-state index in [1.165, 1.54) is 0 Å². The molecule has 0 radical (unpaired) electrons. The van der Waals surface area contributed by atoms with Crippen molar-refractivity contribution in [3.05, 3.63) is 35.9 Å². The SMILES string of the molecule is CCCC[C@](O)(CC(=O)OCC)c1ccccc1. The third kappa shape index (κ3) is 4.15. The molecule has 1 rings (SSSR count). The summed E-state index contributed by atoms with van der Waals surface area (Å²) in [4.78, 5) is 11.6. The van der Waals surface area contributed by atoms with Crippen LogP contribution in [0.1, 0.15) is 45.1 Å². The van der Waals surface area contributed by atoms with E-state index in [0.29, 0.717) is 13.0 Å². The number of esters is 1. The zero-order valence-corrected chi connectivity index (χ0v) is 11.2. The molecule has 1 aromatic rings. The van der Waals surface area contributed by atoms with E-state index in [2.05, 4.69) is 6.92 Å². The quantitative estimate of drug-likeness (QED) is 0.757. The highest BCUT2D eigenvalue weighted by molar-refractivity contribution is 5.71. The average Bonchev–Trinajstić information content (AvgIpc) is 2.38. The van der Waals surface area contributed by atoms with E-state index >= 15 is 0 Å². The van der Waals surface area contributed by atoms with Gasteiger partial charge in [0.15, 0.2) is 0 Å². The highest BCUT2D eigenvalue weighted by Gasteiger charge is 2.32. The molecular weight excluding hydrogens is 228 g/mol. The topological polar surface area (TPSA) is 46.5 Å². The molecule has 0 spiro atoms. The number of unbranched alkanes of at least 4 members (excludes halogenated alkanes) is 1. The Balaban J connectivity index is 2.84. The lowest BCUT2D eigenvalue weighted by molar-refractivity contribution is -0.149. The van der Waals surface area contributed by atoms with Gasteiger partial charge in [-0.05, 0) is 18.9 Å². The summed E-state index contributed by atoms with van der Waals surface area (Å²) in [5.74, 6) is -0.347. The highest BCUT2D eigenvalue weighted by atomic mass is 16.5. The van der Waals surface area contributed by atoms with Gasteiger partial charge >= 0.3 is 5.97 Å².